The number of carboxylic acid groups (broad SMARTS) is 1. The maximum Gasteiger partial charge on any atom is 0.326 e. The van der Waals surface area contributed by atoms with Crippen LogP contribution < -0.4 is 26.7 Å². The molecule has 1 saturated heterocycles. The quantitative estimate of drug-likeness (QED) is 0.393. The number of ether oxygens (including phenoxy) is 2. The van der Waals surface area contributed by atoms with Crippen LogP contribution in [0.4, 0.5) is 0 Å². The number of nitrogens with zero attached hydrogens (tertiary/aromatic N) is 1. The van der Waals surface area contributed by atoms with E-state index in [0.717, 1.165) is 4.90 Å². The zero-order valence-electron chi connectivity index (χ0n) is 15.9. The van der Waals surface area contributed by atoms with E-state index in [-0.39, 0.29) is 24.2 Å². The van der Waals surface area contributed by atoms with E-state index in [9.17, 15) is 24.3 Å². The van der Waals surface area contributed by atoms with E-state index in [1.54, 1.807) is 0 Å². The Kier molecular flexibility index (Phi) is 6.99. The van der Waals surface area contributed by atoms with Gasteiger partial charge in [-0.05, 0) is 31.0 Å². The average Bonchev–Trinajstić information content (AvgIpc) is 3.11. The van der Waals surface area contributed by atoms with Gasteiger partial charge in [0, 0.05) is 18.5 Å². The van der Waals surface area contributed by atoms with Crippen molar-refractivity contribution in [2.24, 2.45) is 17.2 Å². The monoisotopic (exact) mass is 408 g/mol. The molecule has 0 saturated carbocycles. The molecular formula is C18H24N4O7. The average molecular weight is 408 g/mol. The highest BCUT2D eigenvalue weighted by molar-refractivity contribution is 5.96. The van der Waals surface area contributed by atoms with Gasteiger partial charge in [-0.1, -0.05) is 0 Å². The molecule has 7 N–H and O–H groups in total. The molecule has 1 heterocycles. The summed E-state index contributed by atoms with van der Waals surface area (Å²) in [6.07, 6.45) is 0.311. The Balaban J connectivity index is 2.19. The number of methoxy groups -OCH3 is 1. The second kappa shape index (κ2) is 9.24. The highest BCUT2D eigenvalue weighted by atomic mass is 16.5. The summed E-state index contributed by atoms with van der Waals surface area (Å²) >= 11 is 0. The molecule has 3 atom stereocenters. The first kappa shape index (κ1) is 22.0. The van der Waals surface area contributed by atoms with Gasteiger partial charge in [0.1, 0.15) is 17.5 Å². The second-order valence-electron chi connectivity index (χ2n) is 6.65. The molecule has 3 amide bonds. The summed E-state index contributed by atoms with van der Waals surface area (Å²) in [7, 11) is 1.42. The van der Waals surface area contributed by atoms with Crippen LogP contribution in [0.5, 0.6) is 11.5 Å². The minimum atomic E-state index is -1.19. The molecule has 0 spiro atoms. The van der Waals surface area contributed by atoms with E-state index in [2.05, 4.69) is 0 Å². The lowest BCUT2D eigenvalue weighted by atomic mass is 10.0. The molecule has 1 aliphatic heterocycles. The van der Waals surface area contributed by atoms with Gasteiger partial charge in [0.15, 0.2) is 6.61 Å². The van der Waals surface area contributed by atoms with Crippen molar-refractivity contribution in [1.29, 1.82) is 0 Å². The van der Waals surface area contributed by atoms with Gasteiger partial charge in [-0.25, -0.2) is 4.79 Å². The molecule has 1 aromatic rings. The van der Waals surface area contributed by atoms with Crippen LogP contribution in [0.3, 0.4) is 0 Å². The van der Waals surface area contributed by atoms with Crippen LogP contribution in [0.1, 0.15) is 29.6 Å². The zero-order chi connectivity index (χ0) is 21.7. The zero-order valence-corrected chi connectivity index (χ0v) is 15.9. The summed E-state index contributed by atoms with van der Waals surface area (Å²) in [6.45, 7) is -0.545. The van der Waals surface area contributed by atoms with E-state index < -0.39 is 48.4 Å². The number of hydrogen-bond donors (Lipinski definition) is 4. The van der Waals surface area contributed by atoms with Crippen LogP contribution in [0.2, 0.25) is 0 Å². The van der Waals surface area contributed by atoms with Crippen molar-refractivity contribution in [1.82, 2.24) is 4.90 Å². The normalized spacial score (nSPS) is 19.4. The van der Waals surface area contributed by atoms with E-state index in [0.29, 0.717) is 12.2 Å². The van der Waals surface area contributed by atoms with Gasteiger partial charge in [-0.2, -0.15) is 0 Å². The molecular weight excluding hydrogens is 384 g/mol. The SMILES string of the molecule is COc1ccc(OCC(=O)N2C(C(N)CC(N)=O)CC[C@H]2C(=O)O)c(C(N)=O)c1. The second-order valence-corrected chi connectivity index (χ2v) is 6.65. The van der Waals surface area contributed by atoms with E-state index in [1.165, 1.54) is 25.3 Å². The van der Waals surface area contributed by atoms with Crippen molar-refractivity contribution < 1.29 is 33.8 Å². The molecule has 0 aromatic heterocycles. The fourth-order valence-corrected chi connectivity index (χ4v) is 3.40. The number of amides is 3. The lowest BCUT2D eigenvalue weighted by Crippen LogP contribution is -2.53. The molecule has 11 nitrogen and oxygen atoms in total. The van der Waals surface area contributed by atoms with Crippen molar-refractivity contribution >= 4 is 23.7 Å². The van der Waals surface area contributed by atoms with E-state index >= 15 is 0 Å². The molecule has 158 valence electrons. The molecule has 0 aliphatic carbocycles. The predicted octanol–water partition coefficient (Wildman–Crippen LogP) is -1.18. The third-order valence-corrected chi connectivity index (χ3v) is 4.74. The van der Waals surface area contributed by atoms with Gasteiger partial charge in [0.25, 0.3) is 11.8 Å². The largest absolute Gasteiger partial charge is 0.497 e. The maximum atomic E-state index is 12.8. The third kappa shape index (κ3) is 5.13. The lowest BCUT2D eigenvalue weighted by Gasteiger charge is -2.31. The van der Waals surface area contributed by atoms with Crippen LogP contribution in [-0.4, -0.2) is 65.5 Å². The summed E-state index contributed by atoms with van der Waals surface area (Å²) in [5.74, 6) is -2.84. The lowest BCUT2D eigenvalue weighted by molar-refractivity contribution is -0.150. The van der Waals surface area contributed by atoms with Crippen LogP contribution >= 0.6 is 0 Å². The van der Waals surface area contributed by atoms with Gasteiger partial charge in [0.05, 0.1) is 12.7 Å². The van der Waals surface area contributed by atoms with E-state index in [1.807, 2.05) is 0 Å². The fraction of sp³-hybridized carbons (Fsp3) is 0.444. The fourth-order valence-electron chi connectivity index (χ4n) is 3.40. The van der Waals surface area contributed by atoms with Crippen molar-refractivity contribution in [2.75, 3.05) is 13.7 Å². The number of carbonyl (C=O) groups excluding carboxylic acids is 3. The number of likely N-dealkylation sites (tertiary alicyclic amines) is 1. The summed E-state index contributed by atoms with van der Waals surface area (Å²) in [4.78, 5) is 48.2. The molecule has 1 aliphatic rings. The number of aliphatic carboxylic acids is 1. The Hall–Kier alpha value is -3.34. The summed E-state index contributed by atoms with van der Waals surface area (Å²) in [5, 5.41) is 9.43. The van der Waals surface area contributed by atoms with Crippen molar-refractivity contribution in [3.8, 4) is 11.5 Å². The van der Waals surface area contributed by atoms with Gasteiger partial charge < -0.3 is 36.7 Å². The first-order valence-electron chi connectivity index (χ1n) is 8.84. The number of carbonyl (C=O) groups is 4. The molecule has 11 heteroatoms. The molecule has 0 bridgehead atoms. The topological polar surface area (TPSA) is 188 Å². The van der Waals surface area contributed by atoms with Crippen LogP contribution in [0.15, 0.2) is 18.2 Å². The Labute approximate surface area is 166 Å². The first-order chi connectivity index (χ1) is 13.6. The molecule has 29 heavy (non-hydrogen) atoms. The number of benzene rings is 1. The smallest absolute Gasteiger partial charge is 0.326 e. The van der Waals surface area contributed by atoms with Crippen molar-refractivity contribution in [2.45, 2.75) is 37.4 Å². The highest BCUT2D eigenvalue weighted by Crippen LogP contribution is 2.28. The molecule has 0 radical (unpaired) electrons. The number of nitrogens with two attached hydrogens (primary N) is 3. The minimum absolute atomic E-state index is 0.00957. The molecule has 2 rings (SSSR count). The van der Waals surface area contributed by atoms with Gasteiger partial charge in [-0.3, -0.25) is 14.4 Å². The van der Waals surface area contributed by atoms with Crippen LogP contribution in [0, 0.1) is 0 Å². The summed E-state index contributed by atoms with van der Waals surface area (Å²) in [5.41, 5.74) is 16.5. The Bertz CT molecular complexity index is 813. The standard InChI is InChI=1S/C18H24N4O7/c1-28-9-2-5-14(10(6-9)17(21)25)29-8-16(24)22-12(11(19)7-15(20)23)3-4-13(22)18(26)27/h2,5-6,11-13H,3-4,7-8,19H2,1H3,(H2,20,23)(H2,21,25)(H,26,27)/t11?,12?,13-/m0/s1. The Morgan fingerprint density at radius 2 is 1.93 bits per heavy atom. The Morgan fingerprint density at radius 3 is 2.48 bits per heavy atom. The number of primary amides is 2. The van der Waals surface area contributed by atoms with Crippen molar-refractivity contribution in [3.63, 3.8) is 0 Å². The third-order valence-electron chi connectivity index (χ3n) is 4.74. The van der Waals surface area contributed by atoms with E-state index in [4.69, 9.17) is 26.7 Å². The minimum Gasteiger partial charge on any atom is -0.497 e. The van der Waals surface area contributed by atoms with Gasteiger partial charge >= 0.3 is 5.97 Å². The first-order valence-corrected chi connectivity index (χ1v) is 8.84. The maximum absolute atomic E-state index is 12.8. The van der Waals surface area contributed by atoms with Gasteiger partial charge in [-0.15, -0.1) is 0 Å². The molecule has 2 unspecified atom stereocenters. The van der Waals surface area contributed by atoms with Crippen LogP contribution in [0.25, 0.3) is 0 Å². The number of carboxylic acids is 1. The predicted molar refractivity (Wildman–Crippen MR) is 100 cm³/mol. The number of hydrogen-bond acceptors (Lipinski definition) is 7. The summed E-state index contributed by atoms with van der Waals surface area (Å²) in [6, 6.07) is 1.73. The number of rotatable bonds is 9. The van der Waals surface area contributed by atoms with Crippen LogP contribution in [-0.2, 0) is 14.4 Å². The molecule has 1 aromatic carbocycles. The Morgan fingerprint density at radius 1 is 1.24 bits per heavy atom. The summed E-state index contributed by atoms with van der Waals surface area (Å²) < 4.78 is 10.5. The molecule has 1 fully saturated rings. The van der Waals surface area contributed by atoms with Crippen molar-refractivity contribution in [3.05, 3.63) is 23.8 Å². The highest BCUT2D eigenvalue weighted by Gasteiger charge is 2.43. The van der Waals surface area contributed by atoms with Gasteiger partial charge in [0.2, 0.25) is 5.91 Å².